The Hall–Kier alpha value is -2.37. The molecule has 114 valence electrons. The maximum Gasteiger partial charge on any atom is 0.254 e. The molecule has 3 heterocycles. The van der Waals surface area contributed by atoms with E-state index in [1.807, 2.05) is 30.0 Å². The lowest BCUT2D eigenvalue weighted by molar-refractivity contribution is 0.0730. The van der Waals surface area contributed by atoms with Gasteiger partial charge >= 0.3 is 0 Å². The third-order valence-electron chi connectivity index (χ3n) is 4.36. The van der Waals surface area contributed by atoms with Gasteiger partial charge in [0.25, 0.3) is 5.91 Å². The van der Waals surface area contributed by atoms with Crippen LogP contribution in [0.3, 0.4) is 0 Å². The lowest BCUT2D eigenvalue weighted by Crippen LogP contribution is -2.31. The van der Waals surface area contributed by atoms with Crippen LogP contribution in [0.2, 0.25) is 0 Å². The maximum absolute atomic E-state index is 12.9. The summed E-state index contributed by atoms with van der Waals surface area (Å²) in [5, 5.41) is 7.10. The average molecular weight is 298 g/mol. The number of rotatable bonds is 2. The van der Waals surface area contributed by atoms with Gasteiger partial charge in [-0.1, -0.05) is 0 Å². The van der Waals surface area contributed by atoms with Crippen LogP contribution in [0.25, 0.3) is 0 Å². The van der Waals surface area contributed by atoms with Crippen LogP contribution in [0.1, 0.15) is 46.5 Å². The van der Waals surface area contributed by atoms with Crippen LogP contribution in [0, 0.1) is 6.92 Å². The van der Waals surface area contributed by atoms with E-state index in [0.717, 1.165) is 48.5 Å². The molecule has 0 bridgehead atoms. The predicted molar refractivity (Wildman–Crippen MR) is 79.8 cm³/mol. The lowest BCUT2D eigenvalue weighted by Gasteiger charge is -2.22. The first-order valence-electron chi connectivity index (χ1n) is 7.68. The number of H-pyrrole nitrogens is 1. The molecule has 22 heavy (non-hydrogen) atoms. The van der Waals surface area contributed by atoms with Crippen molar-refractivity contribution in [3.63, 3.8) is 0 Å². The second-order valence-electron chi connectivity index (χ2n) is 5.86. The second kappa shape index (κ2) is 5.12. The van der Waals surface area contributed by atoms with E-state index in [1.54, 1.807) is 0 Å². The number of carbonyl (C=O) groups is 1. The van der Waals surface area contributed by atoms with Gasteiger partial charge in [-0.05, 0) is 43.5 Å². The van der Waals surface area contributed by atoms with Gasteiger partial charge in [0.05, 0.1) is 12.6 Å². The van der Waals surface area contributed by atoms with E-state index in [2.05, 4.69) is 15.2 Å². The Morgan fingerprint density at radius 3 is 3.18 bits per heavy atom. The summed E-state index contributed by atoms with van der Waals surface area (Å²) in [5.74, 6) is 2.45. The third-order valence-corrected chi connectivity index (χ3v) is 4.36. The van der Waals surface area contributed by atoms with Gasteiger partial charge in [-0.2, -0.15) is 5.10 Å². The monoisotopic (exact) mass is 298 g/mol. The number of aromatic nitrogens is 3. The number of nitrogens with zero attached hydrogens (tertiary/aromatic N) is 3. The molecule has 1 unspecified atom stereocenters. The van der Waals surface area contributed by atoms with Gasteiger partial charge in [0.15, 0.2) is 5.82 Å². The van der Waals surface area contributed by atoms with Crippen molar-refractivity contribution < 1.29 is 9.53 Å². The molecule has 2 aliphatic heterocycles. The third kappa shape index (κ3) is 2.15. The minimum Gasteiger partial charge on any atom is -0.493 e. The fourth-order valence-electron chi connectivity index (χ4n) is 3.27. The van der Waals surface area contributed by atoms with Crippen molar-refractivity contribution in [2.45, 2.75) is 32.2 Å². The molecular formula is C16H18N4O2. The van der Waals surface area contributed by atoms with E-state index < -0.39 is 0 Å². The van der Waals surface area contributed by atoms with Gasteiger partial charge in [-0.15, -0.1) is 0 Å². The van der Waals surface area contributed by atoms with Crippen LogP contribution in [0.5, 0.6) is 5.75 Å². The molecule has 2 aliphatic rings. The van der Waals surface area contributed by atoms with E-state index in [0.29, 0.717) is 12.4 Å². The van der Waals surface area contributed by atoms with Crippen LogP contribution < -0.4 is 4.74 Å². The van der Waals surface area contributed by atoms with Crippen molar-refractivity contribution in [2.24, 2.45) is 0 Å². The summed E-state index contributed by atoms with van der Waals surface area (Å²) in [6, 6.07) is 5.69. The number of fused-ring (bicyclic) bond motifs is 1. The Kier molecular flexibility index (Phi) is 3.10. The van der Waals surface area contributed by atoms with Gasteiger partial charge in [0.1, 0.15) is 11.6 Å². The molecule has 4 rings (SSSR count). The highest BCUT2D eigenvalue weighted by molar-refractivity contribution is 5.95. The highest BCUT2D eigenvalue weighted by Gasteiger charge is 2.33. The van der Waals surface area contributed by atoms with Gasteiger partial charge in [-0.25, -0.2) is 4.98 Å². The number of amides is 1. The Labute approximate surface area is 128 Å². The van der Waals surface area contributed by atoms with E-state index in [9.17, 15) is 4.79 Å². The molecular weight excluding hydrogens is 280 g/mol. The molecule has 0 spiro atoms. The largest absolute Gasteiger partial charge is 0.493 e. The van der Waals surface area contributed by atoms with Crippen LogP contribution in [0.15, 0.2) is 18.2 Å². The van der Waals surface area contributed by atoms with E-state index in [1.165, 1.54) is 0 Å². The van der Waals surface area contributed by atoms with Gasteiger partial charge in [0.2, 0.25) is 0 Å². The summed E-state index contributed by atoms with van der Waals surface area (Å²) in [7, 11) is 0. The normalized spacial score (nSPS) is 20.0. The SMILES string of the molecule is Cc1nc(C2CCCN2C(=O)c2ccc3c(c2)CCO3)n[nH]1. The zero-order valence-electron chi connectivity index (χ0n) is 12.5. The number of carbonyl (C=O) groups excluding carboxylic acids is 1. The first kappa shape index (κ1) is 13.3. The molecule has 1 aromatic carbocycles. The summed E-state index contributed by atoms with van der Waals surface area (Å²) in [5.41, 5.74) is 1.85. The number of benzene rings is 1. The maximum atomic E-state index is 12.9. The van der Waals surface area contributed by atoms with Crippen molar-refractivity contribution in [3.05, 3.63) is 41.0 Å². The first-order valence-corrected chi connectivity index (χ1v) is 7.68. The van der Waals surface area contributed by atoms with Gasteiger partial charge in [-0.3, -0.25) is 9.89 Å². The summed E-state index contributed by atoms with van der Waals surface area (Å²) in [4.78, 5) is 19.1. The van der Waals surface area contributed by atoms with Crippen LogP contribution >= 0.6 is 0 Å². The minimum absolute atomic E-state index is 0.0260. The van der Waals surface area contributed by atoms with Crippen LogP contribution in [-0.2, 0) is 6.42 Å². The fraction of sp³-hybridized carbons (Fsp3) is 0.438. The number of hydrogen-bond acceptors (Lipinski definition) is 4. The first-order chi connectivity index (χ1) is 10.7. The second-order valence-corrected chi connectivity index (χ2v) is 5.86. The Morgan fingerprint density at radius 1 is 1.45 bits per heavy atom. The standard InChI is InChI=1S/C16H18N4O2/c1-10-17-15(19-18-10)13-3-2-7-20(13)16(21)12-4-5-14-11(9-12)6-8-22-14/h4-5,9,13H,2-3,6-8H2,1H3,(H,17,18,19). The lowest BCUT2D eigenvalue weighted by atomic mass is 10.1. The number of ether oxygens (including phenoxy) is 1. The van der Waals surface area contributed by atoms with Gasteiger partial charge < -0.3 is 9.64 Å². The topological polar surface area (TPSA) is 71.1 Å². The molecule has 1 fully saturated rings. The summed E-state index contributed by atoms with van der Waals surface area (Å²) >= 11 is 0. The molecule has 1 N–H and O–H groups in total. The molecule has 1 saturated heterocycles. The molecule has 6 nitrogen and oxygen atoms in total. The quantitative estimate of drug-likeness (QED) is 0.921. The van der Waals surface area contributed by atoms with Gasteiger partial charge in [0, 0.05) is 18.5 Å². The molecule has 1 atom stereocenters. The molecule has 6 heteroatoms. The zero-order chi connectivity index (χ0) is 15.1. The van der Waals surface area contributed by atoms with Crippen molar-refractivity contribution >= 4 is 5.91 Å². The highest BCUT2D eigenvalue weighted by atomic mass is 16.5. The number of likely N-dealkylation sites (tertiary alicyclic amines) is 1. The molecule has 0 saturated carbocycles. The van der Waals surface area contributed by atoms with Crippen molar-refractivity contribution in [1.82, 2.24) is 20.1 Å². The summed E-state index contributed by atoms with van der Waals surface area (Å²) in [6.45, 7) is 3.33. The fourth-order valence-corrected chi connectivity index (χ4v) is 3.27. The Morgan fingerprint density at radius 2 is 2.36 bits per heavy atom. The summed E-state index contributed by atoms with van der Waals surface area (Å²) < 4.78 is 5.50. The van der Waals surface area contributed by atoms with E-state index in [4.69, 9.17) is 4.74 Å². The molecule has 0 aliphatic carbocycles. The highest BCUT2D eigenvalue weighted by Crippen LogP contribution is 2.32. The molecule has 0 radical (unpaired) electrons. The Balaban J connectivity index is 1.61. The van der Waals surface area contributed by atoms with Crippen molar-refractivity contribution in [3.8, 4) is 5.75 Å². The molecule has 1 amide bonds. The minimum atomic E-state index is -0.0260. The average Bonchev–Trinajstić information content (AvgIpc) is 3.25. The number of nitrogens with one attached hydrogen (secondary N) is 1. The summed E-state index contributed by atoms with van der Waals surface area (Å²) in [6.07, 6.45) is 2.77. The number of hydrogen-bond donors (Lipinski definition) is 1. The van der Waals surface area contributed by atoms with E-state index in [-0.39, 0.29) is 11.9 Å². The molecule has 2 aromatic rings. The Bertz CT molecular complexity index is 725. The van der Waals surface area contributed by atoms with Crippen LogP contribution in [0.4, 0.5) is 0 Å². The van der Waals surface area contributed by atoms with Crippen molar-refractivity contribution in [1.29, 1.82) is 0 Å². The predicted octanol–water partition coefficient (Wildman–Crippen LogP) is 2.03. The number of aromatic amines is 1. The van der Waals surface area contributed by atoms with Crippen LogP contribution in [-0.4, -0.2) is 39.1 Å². The zero-order valence-corrected chi connectivity index (χ0v) is 12.5. The van der Waals surface area contributed by atoms with Crippen molar-refractivity contribution in [2.75, 3.05) is 13.2 Å². The number of aryl methyl sites for hydroxylation is 1. The van der Waals surface area contributed by atoms with E-state index >= 15 is 0 Å². The molecule has 1 aromatic heterocycles. The smallest absolute Gasteiger partial charge is 0.254 e.